The number of nitrogens with one attached hydrogen (secondary N) is 1. The Labute approximate surface area is 138 Å². The third-order valence-electron chi connectivity index (χ3n) is 3.65. The predicted octanol–water partition coefficient (Wildman–Crippen LogP) is 1.44. The molecule has 24 heavy (non-hydrogen) atoms. The maximum absolute atomic E-state index is 13.1. The van der Waals surface area contributed by atoms with Crippen molar-refractivity contribution in [1.82, 2.24) is 4.31 Å². The second-order valence-electron chi connectivity index (χ2n) is 5.47. The van der Waals surface area contributed by atoms with Crippen LogP contribution in [0.5, 0.6) is 0 Å². The summed E-state index contributed by atoms with van der Waals surface area (Å²) in [7, 11) is -3.74. The summed E-state index contributed by atoms with van der Waals surface area (Å²) in [6.45, 7) is 0.0874. The van der Waals surface area contributed by atoms with Gasteiger partial charge in [0, 0.05) is 24.3 Å². The first-order chi connectivity index (χ1) is 11.4. The zero-order valence-electron chi connectivity index (χ0n) is 12.5. The number of sulfonamides is 1. The van der Waals surface area contributed by atoms with E-state index in [0.717, 1.165) is 4.31 Å². The zero-order valence-corrected chi connectivity index (χ0v) is 13.3. The minimum atomic E-state index is -3.74. The van der Waals surface area contributed by atoms with Crippen molar-refractivity contribution in [1.29, 1.82) is 0 Å². The molecule has 1 fully saturated rings. The summed E-state index contributed by atoms with van der Waals surface area (Å²) in [5.74, 6) is -1.03. The number of rotatable bonds is 4. The molecule has 0 aliphatic carbocycles. The molecule has 0 radical (unpaired) electrons. The van der Waals surface area contributed by atoms with Gasteiger partial charge >= 0.3 is 0 Å². The van der Waals surface area contributed by atoms with Crippen LogP contribution in [0, 0.1) is 5.82 Å². The lowest BCUT2D eigenvalue weighted by Gasteiger charge is -2.34. The number of hydrogen-bond acceptors (Lipinski definition) is 4. The van der Waals surface area contributed by atoms with E-state index in [0.29, 0.717) is 0 Å². The second kappa shape index (κ2) is 6.31. The Hall–Kier alpha value is -2.29. The largest absolute Gasteiger partial charge is 0.390 e. The van der Waals surface area contributed by atoms with E-state index in [2.05, 4.69) is 5.32 Å². The number of carbonyl (C=O) groups excluding carboxylic acids is 1. The van der Waals surface area contributed by atoms with E-state index < -0.39 is 27.9 Å². The average Bonchev–Trinajstić information content (AvgIpc) is 2.52. The van der Waals surface area contributed by atoms with Crippen LogP contribution in [0.25, 0.3) is 0 Å². The first kappa shape index (κ1) is 16.6. The molecule has 0 atom stereocenters. The fourth-order valence-corrected chi connectivity index (χ4v) is 3.89. The SMILES string of the molecule is O=C(Nc1cccc(F)c1)c1cccc(S(=O)(=O)N2CC(O)C2)c1. The molecule has 0 unspecified atom stereocenters. The number of aliphatic hydroxyl groups is 1. The van der Waals surface area contributed by atoms with Gasteiger partial charge in [0.25, 0.3) is 5.91 Å². The summed E-state index contributed by atoms with van der Waals surface area (Å²) < 4.78 is 39.0. The van der Waals surface area contributed by atoms with E-state index in [1.807, 2.05) is 0 Å². The highest BCUT2D eigenvalue weighted by Gasteiger charge is 2.35. The number of halogens is 1. The summed E-state index contributed by atoms with van der Waals surface area (Å²) in [5.41, 5.74) is 0.417. The highest BCUT2D eigenvalue weighted by atomic mass is 32.2. The molecule has 1 amide bonds. The van der Waals surface area contributed by atoms with Crippen LogP contribution in [0.3, 0.4) is 0 Å². The highest BCUT2D eigenvalue weighted by Crippen LogP contribution is 2.22. The van der Waals surface area contributed by atoms with E-state index in [-0.39, 0.29) is 29.2 Å². The minimum Gasteiger partial charge on any atom is -0.390 e. The van der Waals surface area contributed by atoms with Gasteiger partial charge in [-0.1, -0.05) is 12.1 Å². The molecule has 0 bridgehead atoms. The Morgan fingerprint density at radius 3 is 2.54 bits per heavy atom. The van der Waals surface area contributed by atoms with Gasteiger partial charge < -0.3 is 10.4 Å². The van der Waals surface area contributed by atoms with Crippen LogP contribution in [0.2, 0.25) is 0 Å². The maximum Gasteiger partial charge on any atom is 0.255 e. The van der Waals surface area contributed by atoms with Gasteiger partial charge in [-0.25, -0.2) is 12.8 Å². The maximum atomic E-state index is 13.1. The monoisotopic (exact) mass is 350 g/mol. The van der Waals surface area contributed by atoms with Gasteiger partial charge in [0.1, 0.15) is 5.82 Å². The van der Waals surface area contributed by atoms with Crippen LogP contribution in [-0.2, 0) is 10.0 Å². The Kier molecular flexibility index (Phi) is 4.35. The molecule has 2 aromatic rings. The van der Waals surface area contributed by atoms with Crippen LogP contribution >= 0.6 is 0 Å². The lowest BCUT2D eigenvalue weighted by atomic mass is 10.2. The number of amides is 1. The number of anilines is 1. The number of β-amino-alcohol motifs (C(OH)–C–C–N with tert-alkyl or cyclic N) is 1. The first-order valence-corrected chi connectivity index (χ1v) is 8.65. The molecule has 0 saturated carbocycles. The molecule has 1 saturated heterocycles. The highest BCUT2D eigenvalue weighted by molar-refractivity contribution is 7.89. The smallest absolute Gasteiger partial charge is 0.255 e. The van der Waals surface area contributed by atoms with Crippen molar-refractivity contribution in [3.63, 3.8) is 0 Å². The van der Waals surface area contributed by atoms with Crippen LogP contribution in [0.4, 0.5) is 10.1 Å². The Morgan fingerprint density at radius 2 is 1.88 bits per heavy atom. The lowest BCUT2D eigenvalue weighted by molar-refractivity contribution is 0.0548. The fourth-order valence-electron chi connectivity index (χ4n) is 2.33. The van der Waals surface area contributed by atoms with Gasteiger partial charge in [-0.2, -0.15) is 4.31 Å². The number of nitrogens with zero attached hydrogens (tertiary/aromatic N) is 1. The summed E-state index contributed by atoms with van der Waals surface area (Å²) in [6.07, 6.45) is -0.653. The van der Waals surface area contributed by atoms with Gasteiger partial charge in [0.15, 0.2) is 0 Å². The molecule has 1 aliphatic heterocycles. The van der Waals surface area contributed by atoms with Crippen LogP contribution in [-0.4, -0.2) is 42.9 Å². The molecule has 3 rings (SSSR count). The zero-order chi connectivity index (χ0) is 17.3. The molecule has 0 spiro atoms. The standard InChI is InChI=1S/C16H15FN2O4S/c17-12-4-2-5-13(8-12)18-16(21)11-3-1-6-15(7-11)24(22,23)19-9-14(20)10-19/h1-8,14,20H,9-10H2,(H,18,21). The van der Waals surface area contributed by atoms with Crippen LogP contribution < -0.4 is 5.32 Å². The summed E-state index contributed by atoms with van der Waals surface area (Å²) >= 11 is 0. The van der Waals surface area contributed by atoms with Crippen molar-refractivity contribution in [3.05, 3.63) is 59.9 Å². The summed E-state index contributed by atoms with van der Waals surface area (Å²) in [5, 5.41) is 11.8. The van der Waals surface area contributed by atoms with Gasteiger partial charge in [-0.05, 0) is 36.4 Å². The summed E-state index contributed by atoms with van der Waals surface area (Å²) in [6, 6.07) is 11.0. The summed E-state index contributed by atoms with van der Waals surface area (Å²) in [4.78, 5) is 12.2. The van der Waals surface area contributed by atoms with Gasteiger partial charge in [0.05, 0.1) is 11.0 Å². The van der Waals surface area contributed by atoms with Crippen molar-refractivity contribution in [2.24, 2.45) is 0 Å². The van der Waals surface area contributed by atoms with E-state index in [1.54, 1.807) is 0 Å². The van der Waals surface area contributed by atoms with Crippen molar-refractivity contribution in [3.8, 4) is 0 Å². The van der Waals surface area contributed by atoms with Crippen LogP contribution in [0.15, 0.2) is 53.4 Å². The van der Waals surface area contributed by atoms with Crippen molar-refractivity contribution in [2.75, 3.05) is 18.4 Å². The second-order valence-corrected chi connectivity index (χ2v) is 7.41. The molecule has 2 N–H and O–H groups in total. The molecule has 0 aromatic heterocycles. The number of benzene rings is 2. The van der Waals surface area contributed by atoms with Crippen molar-refractivity contribution >= 4 is 21.6 Å². The quantitative estimate of drug-likeness (QED) is 0.874. The van der Waals surface area contributed by atoms with E-state index in [9.17, 15) is 22.7 Å². The molecule has 2 aromatic carbocycles. The predicted molar refractivity (Wildman–Crippen MR) is 85.6 cm³/mol. The fraction of sp³-hybridized carbons (Fsp3) is 0.188. The molecule has 6 nitrogen and oxygen atoms in total. The Morgan fingerprint density at radius 1 is 1.17 bits per heavy atom. The first-order valence-electron chi connectivity index (χ1n) is 7.21. The third-order valence-corrected chi connectivity index (χ3v) is 5.47. The van der Waals surface area contributed by atoms with Gasteiger partial charge in [-0.3, -0.25) is 4.79 Å². The van der Waals surface area contributed by atoms with E-state index >= 15 is 0 Å². The topological polar surface area (TPSA) is 86.7 Å². The minimum absolute atomic E-state index is 0.0266. The lowest BCUT2D eigenvalue weighted by Crippen LogP contribution is -2.53. The molecular weight excluding hydrogens is 335 g/mol. The molecule has 1 heterocycles. The van der Waals surface area contributed by atoms with Crippen molar-refractivity contribution in [2.45, 2.75) is 11.0 Å². The molecule has 8 heteroatoms. The van der Waals surface area contributed by atoms with Gasteiger partial charge in [0.2, 0.25) is 10.0 Å². The van der Waals surface area contributed by atoms with Crippen molar-refractivity contribution < 1.29 is 22.7 Å². The average molecular weight is 350 g/mol. The molecule has 1 aliphatic rings. The molecular formula is C16H15FN2O4S. The Balaban J connectivity index is 1.81. The third kappa shape index (κ3) is 3.30. The van der Waals surface area contributed by atoms with Gasteiger partial charge in [-0.15, -0.1) is 0 Å². The number of hydrogen-bond donors (Lipinski definition) is 2. The van der Waals surface area contributed by atoms with E-state index in [1.165, 1.54) is 48.5 Å². The number of aliphatic hydroxyl groups excluding tert-OH is 1. The van der Waals surface area contributed by atoms with E-state index in [4.69, 9.17) is 0 Å². The van der Waals surface area contributed by atoms with Crippen LogP contribution in [0.1, 0.15) is 10.4 Å². The molecule has 126 valence electrons. The Bertz CT molecular complexity index is 879. The normalized spacial score (nSPS) is 15.8. The number of carbonyl (C=O) groups is 1.